The summed E-state index contributed by atoms with van der Waals surface area (Å²) in [6, 6.07) is 4.91. The van der Waals surface area contributed by atoms with Gasteiger partial charge in [0.15, 0.2) is 5.13 Å². The van der Waals surface area contributed by atoms with Crippen LogP contribution in [0.15, 0.2) is 18.2 Å². The smallest absolute Gasteiger partial charge is 0.239 e. The minimum absolute atomic E-state index is 0.0170. The molecule has 0 radical (unpaired) electrons. The van der Waals surface area contributed by atoms with E-state index in [1.165, 1.54) is 17.4 Å². The lowest BCUT2D eigenvalue weighted by molar-refractivity contribution is -0.142. The summed E-state index contributed by atoms with van der Waals surface area (Å²) in [6.45, 7) is 2.35. The van der Waals surface area contributed by atoms with Gasteiger partial charge in [-0.15, -0.1) is 0 Å². The van der Waals surface area contributed by atoms with Crippen LogP contribution >= 0.6 is 11.3 Å². The molecule has 2 aliphatic heterocycles. The molecule has 3 heterocycles. The second kappa shape index (κ2) is 5.45. The van der Waals surface area contributed by atoms with Crippen molar-refractivity contribution in [3.8, 4) is 0 Å². The molecule has 8 heteroatoms. The minimum atomic E-state index is -0.322. The van der Waals surface area contributed by atoms with E-state index in [4.69, 9.17) is 0 Å². The quantitative estimate of drug-likeness (QED) is 0.883. The molecule has 2 saturated heterocycles. The average Bonchev–Trinajstić information content (AvgIpc) is 2.90. The van der Waals surface area contributed by atoms with E-state index in [-0.39, 0.29) is 30.1 Å². The molecule has 0 saturated carbocycles. The molecule has 23 heavy (non-hydrogen) atoms. The lowest BCUT2D eigenvalue weighted by Crippen LogP contribution is -2.58. The molecule has 0 unspecified atom stereocenters. The highest BCUT2D eigenvalue weighted by atomic mass is 32.1. The number of carbonyl (C=O) groups is 2. The minimum Gasteiger partial charge on any atom is -0.353 e. The van der Waals surface area contributed by atoms with Gasteiger partial charge in [-0.05, 0) is 12.1 Å². The number of nitrogens with zero attached hydrogens (tertiary/aromatic N) is 3. The second-order valence-electron chi connectivity index (χ2n) is 5.79. The van der Waals surface area contributed by atoms with Gasteiger partial charge in [0.25, 0.3) is 0 Å². The van der Waals surface area contributed by atoms with E-state index in [2.05, 4.69) is 10.3 Å². The van der Waals surface area contributed by atoms with Crippen LogP contribution < -0.4 is 10.2 Å². The standard InChI is InChI=1S/C15H15FN4O2S/c16-10-2-1-3-11-13(10)18-15(23-11)20-6-9(7-20)14(22)19-5-4-17-12(21)8-19/h1-3,9H,4-8H2,(H,17,21). The third kappa shape index (κ3) is 2.52. The Kier molecular flexibility index (Phi) is 3.41. The summed E-state index contributed by atoms with van der Waals surface area (Å²) in [6.07, 6.45) is 0. The summed E-state index contributed by atoms with van der Waals surface area (Å²) in [5.74, 6) is -0.527. The fourth-order valence-electron chi connectivity index (χ4n) is 2.91. The predicted molar refractivity (Wildman–Crippen MR) is 84.9 cm³/mol. The van der Waals surface area contributed by atoms with Gasteiger partial charge in [-0.2, -0.15) is 0 Å². The van der Waals surface area contributed by atoms with E-state index in [1.54, 1.807) is 11.0 Å². The normalized spacial score (nSPS) is 18.9. The first kappa shape index (κ1) is 14.4. The molecule has 2 amide bonds. The number of benzene rings is 1. The molecule has 1 N–H and O–H groups in total. The van der Waals surface area contributed by atoms with Crippen molar-refractivity contribution < 1.29 is 14.0 Å². The average molecular weight is 334 g/mol. The van der Waals surface area contributed by atoms with Crippen molar-refractivity contribution in [2.24, 2.45) is 5.92 Å². The predicted octanol–water partition coefficient (Wildman–Crippen LogP) is 0.830. The fourth-order valence-corrected chi connectivity index (χ4v) is 3.91. The summed E-state index contributed by atoms with van der Waals surface area (Å²) in [4.78, 5) is 31.7. The van der Waals surface area contributed by atoms with Crippen molar-refractivity contribution in [2.75, 3.05) is 37.6 Å². The first-order chi connectivity index (χ1) is 11.1. The number of rotatable bonds is 2. The number of hydrogen-bond donors (Lipinski definition) is 1. The van der Waals surface area contributed by atoms with Gasteiger partial charge in [0.2, 0.25) is 11.8 Å². The first-order valence-corrected chi connectivity index (χ1v) is 8.29. The molecule has 6 nitrogen and oxygen atoms in total. The van der Waals surface area contributed by atoms with E-state index < -0.39 is 0 Å². The SMILES string of the molecule is O=C1CN(C(=O)C2CN(c3nc4c(F)cccc4s3)C2)CCN1. The van der Waals surface area contributed by atoms with Gasteiger partial charge < -0.3 is 15.1 Å². The Hall–Kier alpha value is -2.22. The van der Waals surface area contributed by atoms with Gasteiger partial charge in [0.1, 0.15) is 11.3 Å². The van der Waals surface area contributed by atoms with Crippen LogP contribution in [-0.2, 0) is 9.59 Å². The number of fused-ring (bicyclic) bond motifs is 1. The zero-order valence-corrected chi connectivity index (χ0v) is 13.1. The highest BCUT2D eigenvalue weighted by molar-refractivity contribution is 7.22. The number of anilines is 1. The van der Waals surface area contributed by atoms with Crippen LogP contribution in [0.2, 0.25) is 0 Å². The maximum absolute atomic E-state index is 13.7. The third-order valence-electron chi connectivity index (χ3n) is 4.21. The van der Waals surface area contributed by atoms with Gasteiger partial charge in [0, 0.05) is 26.2 Å². The molecular weight excluding hydrogens is 319 g/mol. The number of halogens is 1. The van der Waals surface area contributed by atoms with E-state index in [1.807, 2.05) is 11.0 Å². The summed E-state index contributed by atoms with van der Waals surface area (Å²) in [5, 5.41) is 3.45. The van der Waals surface area contributed by atoms with Gasteiger partial charge >= 0.3 is 0 Å². The number of piperazine rings is 1. The molecule has 2 aromatic rings. The molecule has 2 aliphatic rings. The Bertz CT molecular complexity index is 787. The van der Waals surface area contributed by atoms with Crippen molar-refractivity contribution >= 4 is 38.5 Å². The van der Waals surface area contributed by atoms with Crippen molar-refractivity contribution in [3.05, 3.63) is 24.0 Å². The Morgan fingerprint density at radius 2 is 2.22 bits per heavy atom. The molecule has 1 aromatic carbocycles. The lowest BCUT2D eigenvalue weighted by Gasteiger charge is -2.41. The summed E-state index contributed by atoms with van der Waals surface area (Å²) < 4.78 is 14.5. The molecular formula is C15H15FN4O2S. The maximum atomic E-state index is 13.7. The van der Waals surface area contributed by atoms with Crippen LogP contribution in [0.3, 0.4) is 0 Å². The van der Waals surface area contributed by atoms with Crippen LogP contribution in [0.4, 0.5) is 9.52 Å². The zero-order chi connectivity index (χ0) is 16.0. The van der Waals surface area contributed by atoms with E-state index in [0.717, 1.165) is 9.83 Å². The van der Waals surface area contributed by atoms with Crippen LogP contribution in [0.1, 0.15) is 0 Å². The van der Waals surface area contributed by atoms with E-state index >= 15 is 0 Å². The lowest BCUT2D eigenvalue weighted by atomic mass is 9.99. The number of amides is 2. The maximum Gasteiger partial charge on any atom is 0.239 e. The highest BCUT2D eigenvalue weighted by Crippen LogP contribution is 2.34. The first-order valence-electron chi connectivity index (χ1n) is 7.47. The molecule has 0 spiro atoms. The number of para-hydroxylation sites is 1. The number of hydrogen-bond acceptors (Lipinski definition) is 5. The molecule has 1 aromatic heterocycles. The van der Waals surface area contributed by atoms with Gasteiger partial charge in [-0.3, -0.25) is 9.59 Å². The second-order valence-corrected chi connectivity index (χ2v) is 6.80. The van der Waals surface area contributed by atoms with Crippen molar-refractivity contribution in [3.63, 3.8) is 0 Å². The highest BCUT2D eigenvalue weighted by Gasteiger charge is 2.38. The van der Waals surface area contributed by atoms with Crippen LogP contribution in [-0.4, -0.2) is 54.4 Å². The number of thiazole rings is 1. The Morgan fingerprint density at radius 1 is 1.39 bits per heavy atom. The summed E-state index contributed by atoms with van der Waals surface area (Å²) >= 11 is 1.43. The van der Waals surface area contributed by atoms with Crippen LogP contribution in [0, 0.1) is 11.7 Å². The van der Waals surface area contributed by atoms with E-state index in [0.29, 0.717) is 31.7 Å². The molecule has 4 rings (SSSR count). The van der Waals surface area contributed by atoms with Gasteiger partial charge in [-0.1, -0.05) is 17.4 Å². The molecule has 0 bridgehead atoms. The molecule has 0 aliphatic carbocycles. The Morgan fingerprint density at radius 3 is 2.96 bits per heavy atom. The zero-order valence-electron chi connectivity index (χ0n) is 12.3. The topological polar surface area (TPSA) is 65.5 Å². The molecule has 2 fully saturated rings. The van der Waals surface area contributed by atoms with Gasteiger partial charge in [-0.25, -0.2) is 9.37 Å². The van der Waals surface area contributed by atoms with Crippen LogP contribution in [0.25, 0.3) is 10.2 Å². The van der Waals surface area contributed by atoms with Crippen molar-refractivity contribution in [1.29, 1.82) is 0 Å². The van der Waals surface area contributed by atoms with Crippen LogP contribution in [0.5, 0.6) is 0 Å². The summed E-state index contributed by atoms with van der Waals surface area (Å²) in [7, 11) is 0. The molecule has 120 valence electrons. The Labute approximate surface area is 135 Å². The number of aromatic nitrogens is 1. The third-order valence-corrected chi connectivity index (χ3v) is 5.29. The Balaban J connectivity index is 1.43. The van der Waals surface area contributed by atoms with Crippen molar-refractivity contribution in [1.82, 2.24) is 15.2 Å². The summed E-state index contributed by atoms with van der Waals surface area (Å²) in [5.41, 5.74) is 0.384. The fraction of sp³-hybridized carbons (Fsp3) is 0.400. The van der Waals surface area contributed by atoms with E-state index in [9.17, 15) is 14.0 Å². The monoisotopic (exact) mass is 334 g/mol. The van der Waals surface area contributed by atoms with Gasteiger partial charge in [0.05, 0.1) is 17.2 Å². The molecule has 0 atom stereocenters. The number of carbonyl (C=O) groups excluding carboxylic acids is 2. The largest absolute Gasteiger partial charge is 0.353 e. The number of nitrogens with one attached hydrogen (secondary N) is 1. The van der Waals surface area contributed by atoms with Crippen molar-refractivity contribution in [2.45, 2.75) is 0 Å².